The number of halogens is 1. The third-order valence-electron chi connectivity index (χ3n) is 2.22. The normalized spacial score (nSPS) is 10.4. The number of aryl methyl sites for hydroxylation is 1. The maximum atomic E-state index is 4.26. The standard InChI is InChI=1S/C12H13BrN2S/c1-9-4-6-14-12(8-9)15-7-5-10-2-3-11(13)16-10/h2-4,6,8H,5,7H2,1H3,(H,14,15). The van der Waals surface area contributed by atoms with Crippen LogP contribution in [0.3, 0.4) is 0 Å². The van der Waals surface area contributed by atoms with Gasteiger partial charge in [0.15, 0.2) is 0 Å². The van der Waals surface area contributed by atoms with Crippen LogP contribution in [0.25, 0.3) is 0 Å². The minimum atomic E-state index is 0.920. The van der Waals surface area contributed by atoms with E-state index in [1.165, 1.54) is 14.2 Å². The highest BCUT2D eigenvalue weighted by molar-refractivity contribution is 9.11. The number of pyridine rings is 1. The maximum absolute atomic E-state index is 4.26. The Balaban J connectivity index is 1.84. The lowest BCUT2D eigenvalue weighted by Crippen LogP contribution is -2.05. The van der Waals surface area contributed by atoms with E-state index in [4.69, 9.17) is 0 Å². The fourth-order valence-corrected chi connectivity index (χ4v) is 2.92. The third-order valence-corrected chi connectivity index (χ3v) is 3.91. The first-order valence-electron chi connectivity index (χ1n) is 5.15. The smallest absolute Gasteiger partial charge is 0.126 e. The number of rotatable bonds is 4. The van der Waals surface area contributed by atoms with Crippen molar-refractivity contribution in [3.8, 4) is 0 Å². The fraction of sp³-hybridized carbons (Fsp3) is 0.250. The summed E-state index contributed by atoms with van der Waals surface area (Å²) in [5.74, 6) is 0.954. The summed E-state index contributed by atoms with van der Waals surface area (Å²) in [4.78, 5) is 5.64. The van der Waals surface area contributed by atoms with E-state index in [1.807, 2.05) is 12.3 Å². The lowest BCUT2D eigenvalue weighted by molar-refractivity contribution is 1.03. The molecule has 0 aliphatic carbocycles. The molecule has 0 saturated carbocycles. The predicted molar refractivity (Wildman–Crippen MR) is 73.2 cm³/mol. The van der Waals surface area contributed by atoms with E-state index in [0.29, 0.717) is 0 Å². The van der Waals surface area contributed by atoms with Gasteiger partial charge in [0, 0.05) is 17.6 Å². The highest BCUT2D eigenvalue weighted by atomic mass is 79.9. The van der Waals surface area contributed by atoms with Crippen LogP contribution in [0.5, 0.6) is 0 Å². The van der Waals surface area contributed by atoms with Gasteiger partial charge in [-0.15, -0.1) is 11.3 Å². The van der Waals surface area contributed by atoms with Gasteiger partial charge < -0.3 is 5.32 Å². The highest BCUT2D eigenvalue weighted by Gasteiger charge is 1.98. The van der Waals surface area contributed by atoms with Gasteiger partial charge in [-0.2, -0.15) is 0 Å². The van der Waals surface area contributed by atoms with Gasteiger partial charge in [-0.25, -0.2) is 4.98 Å². The molecule has 84 valence electrons. The molecule has 2 aromatic heterocycles. The largest absolute Gasteiger partial charge is 0.370 e. The van der Waals surface area contributed by atoms with Crippen molar-refractivity contribution in [2.24, 2.45) is 0 Å². The summed E-state index contributed by atoms with van der Waals surface area (Å²) in [7, 11) is 0. The molecule has 0 unspecified atom stereocenters. The monoisotopic (exact) mass is 296 g/mol. The zero-order valence-electron chi connectivity index (χ0n) is 9.03. The van der Waals surface area contributed by atoms with Crippen LogP contribution in [0.4, 0.5) is 5.82 Å². The summed E-state index contributed by atoms with van der Waals surface area (Å²) in [6.07, 6.45) is 2.87. The second-order valence-corrected chi connectivity index (χ2v) is 6.15. The molecule has 2 aromatic rings. The lowest BCUT2D eigenvalue weighted by atomic mass is 10.3. The number of aromatic nitrogens is 1. The van der Waals surface area contributed by atoms with Crippen LogP contribution in [-0.2, 0) is 6.42 Å². The molecule has 0 atom stereocenters. The van der Waals surface area contributed by atoms with Gasteiger partial charge in [-0.05, 0) is 59.1 Å². The van der Waals surface area contributed by atoms with Crippen molar-refractivity contribution in [2.45, 2.75) is 13.3 Å². The Bertz CT molecular complexity index is 468. The first kappa shape index (κ1) is 11.6. The second-order valence-electron chi connectivity index (χ2n) is 3.60. The van der Waals surface area contributed by atoms with E-state index in [9.17, 15) is 0 Å². The second kappa shape index (κ2) is 5.46. The summed E-state index contributed by atoms with van der Waals surface area (Å²) < 4.78 is 1.19. The molecule has 0 amide bonds. The molecule has 0 radical (unpaired) electrons. The van der Waals surface area contributed by atoms with Crippen LogP contribution in [0.15, 0.2) is 34.2 Å². The summed E-state index contributed by atoms with van der Waals surface area (Å²) in [6, 6.07) is 8.30. The molecule has 16 heavy (non-hydrogen) atoms. The lowest BCUT2D eigenvalue weighted by Gasteiger charge is -2.04. The molecule has 0 aliphatic heterocycles. The first-order chi connectivity index (χ1) is 7.74. The molecule has 0 spiro atoms. The molecule has 0 bridgehead atoms. The third kappa shape index (κ3) is 3.32. The van der Waals surface area contributed by atoms with Crippen molar-refractivity contribution in [1.29, 1.82) is 0 Å². The van der Waals surface area contributed by atoms with Crippen LogP contribution < -0.4 is 5.32 Å². The molecular weight excluding hydrogens is 284 g/mol. The van der Waals surface area contributed by atoms with E-state index >= 15 is 0 Å². The molecular formula is C12H13BrN2S. The summed E-state index contributed by atoms with van der Waals surface area (Å²) in [6.45, 7) is 2.99. The SMILES string of the molecule is Cc1ccnc(NCCc2ccc(Br)s2)c1. The minimum absolute atomic E-state index is 0.920. The molecule has 4 heteroatoms. The van der Waals surface area contributed by atoms with Crippen LogP contribution in [0, 0.1) is 6.92 Å². The van der Waals surface area contributed by atoms with Crippen molar-refractivity contribution >= 4 is 33.1 Å². The Labute approximate surface area is 108 Å². The quantitative estimate of drug-likeness (QED) is 0.926. The highest BCUT2D eigenvalue weighted by Crippen LogP contribution is 2.22. The van der Waals surface area contributed by atoms with E-state index < -0.39 is 0 Å². The van der Waals surface area contributed by atoms with Gasteiger partial charge in [0.05, 0.1) is 3.79 Å². The van der Waals surface area contributed by atoms with Crippen molar-refractivity contribution in [1.82, 2.24) is 4.98 Å². The number of nitrogens with zero attached hydrogens (tertiary/aromatic N) is 1. The molecule has 2 rings (SSSR count). The Morgan fingerprint density at radius 3 is 2.94 bits per heavy atom. The van der Waals surface area contributed by atoms with Crippen molar-refractivity contribution in [3.63, 3.8) is 0 Å². The first-order valence-corrected chi connectivity index (χ1v) is 6.76. The zero-order chi connectivity index (χ0) is 11.4. The minimum Gasteiger partial charge on any atom is -0.370 e. The van der Waals surface area contributed by atoms with Crippen LogP contribution in [0.2, 0.25) is 0 Å². The molecule has 2 nitrogen and oxygen atoms in total. The number of anilines is 1. The van der Waals surface area contributed by atoms with Crippen LogP contribution >= 0.6 is 27.3 Å². The topological polar surface area (TPSA) is 24.9 Å². The molecule has 2 heterocycles. The van der Waals surface area contributed by atoms with Gasteiger partial charge >= 0.3 is 0 Å². The zero-order valence-corrected chi connectivity index (χ0v) is 11.4. The molecule has 0 saturated heterocycles. The van der Waals surface area contributed by atoms with E-state index in [-0.39, 0.29) is 0 Å². The Morgan fingerprint density at radius 1 is 1.38 bits per heavy atom. The van der Waals surface area contributed by atoms with Crippen molar-refractivity contribution in [3.05, 3.63) is 44.7 Å². The molecule has 0 aliphatic rings. The van der Waals surface area contributed by atoms with Gasteiger partial charge in [0.25, 0.3) is 0 Å². The Kier molecular flexibility index (Phi) is 3.96. The number of nitrogens with one attached hydrogen (secondary N) is 1. The summed E-state index contributed by atoms with van der Waals surface area (Å²) >= 11 is 5.25. The Hall–Kier alpha value is -0.870. The van der Waals surface area contributed by atoms with E-state index in [0.717, 1.165) is 18.8 Å². The fourth-order valence-electron chi connectivity index (χ4n) is 1.43. The number of hydrogen-bond acceptors (Lipinski definition) is 3. The maximum Gasteiger partial charge on any atom is 0.126 e. The number of hydrogen-bond donors (Lipinski definition) is 1. The van der Waals surface area contributed by atoms with Crippen molar-refractivity contribution < 1.29 is 0 Å². The van der Waals surface area contributed by atoms with E-state index in [1.54, 1.807) is 11.3 Å². The Morgan fingerprint density at radius 2 is 2.25 bits per heavy atom. The van der Waals surface area contributed by atoms with Gasteiger partial charge in [-0.1, -0.05) is 0 Å². The molecule has 0 aromatic carbocycles. The average Bonchev–Trinajstić information content (AvgIpc) is 2.64. The number of thiophene rings is 1. The molecule has 1 N–H and O–H groups in total. The molecule has 0 fully saturated rings. The average molecular weight is 297 g/mol. The van der Waals surface area contributed by atoms with Crippen LogP contribution in [-0.4, -0.2) is 11.5 Å². The van der Waals surface area contributed by atoms with Crippen LogP contribution in [0.1, 0.15) is 10.4 Å². The van der Waals surface area contributed by atoms with Gasteiger partial charge in [0.1, 0.15) is 5.82 Å². The predicted octanol–water partition coefficient (Wildman–Crippen LogP) is 3.87. The van der Waals surface area contributed by atoms with Gasteiger partial charge in [-0.3, -0.25) is 0 Å². The van der Waals surface area contributed by atoms with Crippen molar-refractivity contribution in [2.75, 3.05) is 11.9 Å². The summed E-state index contributed by atoms with van der Waals surface area (Å²) in [5.41, 5.74) is 1.23. The van der Waals surface area contributed by atoms with Gasteiger partial charge in [0.2, 0.25) is 0 Å². The van der Waals surface area contributed by atoms with E-state index in [2.05, 4.69) is 51.4 Å². The summed E-state index contributed by atoms with van der Waals surface area (Å²) in [5, 5.41) is 3.32.